The maximum atomic E-state index is 12.9. The largest absolute Gasteiger partial charge is 0.325 e. The second-order valence-electron chi connectivity index (χ2n) is 6.49. The summed E-state index contributed by atoms with van der Waals surface area (Å²) in [6.07, 6.45) is 2.06. The summed E-state index contributed by atoms with van der Waals surface area (Å²) >= 11 is 0. The number of carbonyl (C=O) groups is 1. The summed E-state index contributed by atoms with van der Waals surface area (Å²) in [6, 6.07) is 23.1. The fourth-order valence-electron chi connectivity index (χ4n) is 4.56. The predicted molar refractivity (Wildman–Crippen MR) is 91.4 cm³/mol. The first-order valence-electron chi connectivity index (χ1n) is 8.22. The molecule has 23 heavy (non-hydrogen) atoms. The van der Waals surface area contributed by atoms with E-state index in [-0.39, 0.29) is 11.4 Å². The van der Waals surface area contributed by atoms with Crippen LogP contribution >= 0.6 is 0 Å². The van der Waals surface area contributed by atoms with Gasteiger partial charge in [0.2, 0.25) is 0 Å². The normalized spacial score (nSPS) is 22.4. The molecular weight excluding hydrogens is 282 g/mol. The lowest BCUT2D eigenvalue weighted by Gasteiger charge is -2.34. The van der Waals surface area contributed by atoms with Gasteiger partial charge >= 0.3 is 0 Å². The lowest BCUT2D eigenvalue weighted by atomic mass is 9.79. The van der Waals surface area contributed by atoms with E-state index in [0.717, 1.165) is 24.9 Å². The van der Waals surface area contributed by atoms with Crippen molar-refractivity contribution < 1.29 is 4.79 Å². The summed E-state index contributed by atoms with van der Waals surface area (Å²) in [7, 11) is 0. The molecule has 2 aliphatic heterocycles. The fourth-order valence-corrected chi connectivity index (χ4v) is 4.56. The van der Waals surface area contributed by atoms with Crippen LogP contribution in [0.1, 0.15) is 34.3 Å². The van der Waals surface area contributed by atoms with Gasteiger partial charge in [0.25, 0.3) is 5.91 Å². The number of amides is 1. The van der Waals surface area contributed by atoms with Crippen molar-refractivity contribution in [3.05, 3.63) is 83.4 Å². The van der Waals surface area contributed by atoms with Gasteiger partial charge in [0.05, 0.1) is 5.54 Å². The average molecular weight is 299 g/mol. The van der Waals surface area contributed by atoms with Crippen molar-refractivity contribution in [1.82, 2.24) is 4.90 Å². The zero-order chi connectivity index (χ0) is 15.4. The number of carbonyl (C=O) groups excluding carboxylic acids is 1. The van der Waals surface area contributed by atoms with Crippen LogP contribution in [0, 0.1) is 0 Å². The Balaban J connectivity index is 1.89. The van der Waals surface area contributed by atoms with Crippen LogP contribution in [-0.4, -0.2) is 17.4 Å². The van der Waals surface area contributed by atoms with Crippen molar-refractivity contribution in [3.63, 3.8) is 0 Å². The number of hydrogen-bond acceptors (Lipinski definition) is 1. The zero-order valence-electron chi connectivity index (χ0n) is 12.8. The monoisotopic (exact) mass is 299 g/mol. The van der Waals surface area contributed by atoms with Gasteiger partial charge in [0, 0.05) is 12.1 Å². The van der Waals surface area contributed by atoms with Crippen LogP contribution < -0.4 is 0 Å². The van der Waals surface area contributed by atoms with E-state index in [0.29, 0.717) is 0 Å². The first-order chi connectivity index (χ1) is 11.3. The summed E-state index contributed by atoms with van der Waals surface area (Å²) in [5.74, 6) is 0.186. The van der Waals surface area contributed by atoms with Crippen molar-refractivity contribution >= 4 is 16.7 Å². The molecule has 5 rings (SSSR count). The second kappa shape index (κ2) is 4.45. The Bertz CT molecular complexity index is 940. The first kappa shape index (κ1) is 12.9. The predicted octanol–water partition coefficient (Wildman–Crippen LogP) is 4.33. The third-order valence-corrected chi connectivity index (χ3v) is 5.46. The summed E-state index contributed by atoms with van der Waals surface area (Å²) in [4.78, 5) is 15.0. The SMILES string of the molecule is O=C1c2ccccc2C2(c3cccc4ccccc34)CCCN12. The Hall–Kier alpha value is -2.61. The molecule has 2 aliphatic rings. The number of rotatable bonds is 1. The molecule has 2 nitrogen and oxygen atoms in total. The Morgan fingerprint density at radius 1 is 0.826 bits per heavy atom. The Morgan fingerprint density at radius 2 is 1.57 bits per heavy atom. The summed E-state index contributed by atoms with van der Waals surface area (Å²) < 4.78 is 0. The molecule has 3 aromatic rings. The molecule has 0 aromatic heterocycles. The van der Waals surface area contributed by atoms with E-state index in [1.54, 1.807) is 0 Å². The number of benzene rings is 3. The van der Waals surface area contributed by atoms with Gasteiger partial charge in [0.1, 0.15) is 0 Å². The summed E-state index contributed by atoms with van der Waals surface area (Å²) in [6.45, 7) is 0.844. The smallest absolute Gasteiger partial charge is 0.255 e. The van der Waals surface area contributed by atoms with Crippen LogP contribution in [0.5, 0.6) is 0 Å². The molecule has 1 saturated heterocycles. The van der Waals surface area contributed by atoms with Crippen molar-refractivity contribution in [2.75, 3.05) is 6.54 Å². The summed E-state index contributed by atoms with van der Waals surface area (Å²) in [5, 5.41) is 2.49. The fraction of sp³-hybridized carbons (Fsp3) is 0.190. The minimum atomic E-state index is -0.283. The molecule has 0 N–H and O–H groups in total. The highest BCUT2D eigenvalue weighted by molar-refractivity contribution is 6.02. The lowest BCUT2D eigenvalue weighted by molar-refractivity contribution is 0.0713. The molecule has 0 saturated carbocycles. The molecule has 2 heteroatoms. The minimum Gasteiger partial charge on any atom is -0.325 e. The molecule has 3 aromatic carbocycles. The summed E-state index contributed by atoms with van der Waals surface area (Å²) in [5.41, 5.74) is 3.04. The molecule has 0 spiro atoms. The number of fused-ring (bicyclic) bond motifs is 4. The molecule has 1 fully saturated rings. The Labute approximate surface area is 135 Å². The first-order valence-corrected chi connectivity index (χ1v) is 8.22. The molecule has 0 aliphatic carbocycles. The van der Waals surface area contributed by atoms with Crippen molar-refractivity contribution in [2.45, 2.75) is 18.4 Å². The van der Waals surface area contributed by atoms with Crippen LogP contribution in [0.3, 0.4) is 0 Å². The van der Waals surface area contributed by atoms with Crippen molar-refractivity contribution in [3.8, 4) is 0 Å². The molecular formula is C21H17NO. The lowest BCUT2D eigenvalue weighted by Crippen LogP contribution is -2.39. The minimum absolute atomic E-state index is 0.186. The van der Waals surface area contributed by atoms with E-state index in [1.165, 1.54) is 21.9 Å². The van der Waals surface area contributed by atoms with Crippen LogP contribution in [-0.2, 0) is 5.54 Å². The molecule has 1 atom stereocenters. The highest BCUT2D eigenvalue weighted by atomic mass is 16.2. The molecule has 112 valence electrons. The van der Waals surface area contributed by atoms with Crippen LogP contribution in [0.25, 0.3) is 10.8 Å². The number of nitrogens with zero attached hydrogens (tertiary/aromatic N) is 1. The van der Waals surface area contributed by atoms with Gasteiger partial charge in [-0.2, -0.15) is 0 Å². The highest BCUT2D eigenvalue weighted by Crippen LogP contribution is 2.52. The molecule has 0 bridgehead atoms. The maximum Gasteiger partial charge on any atom is 0.255 e. The van der Waals surface area contributed by atoms with E-state index in [2.05, 4.69) is 59.5 Å². The zero-order valence-corrected chi connectivity index (χ0v) is 12.8. The van der Waals surface area contributed by atoms with E-state index in [4.69, 9.17) is 0 Å². The van der Waals surface area contributed by atoms with Crippen molar-refractivity contribution in [2.24, 2.45) is 0 Å². The molecule has 0 radical (unpaired) electrons. The molecule has 2 heterocycles. The Kier molecular flexibility index (Phi) is 2.49. The Morgan fingerprint density at radius 3 is 2.52 bits per heavy atom. The van der Waals surface area contributed by atoms with Gasteiger partial charge in [-0.15, -0.1) is 0 Å². The number of hydrogen-bond donors (Lipinski definition) is 0. The van der Waals surface area contributed by atoms with E-state index in [9.17, 15) is 4.79 Å². The van der Waals surface area contributed by atoms with Gasteiger partial charge < -0.3 is 4.90 Å². The van der Waals surface area contributed by atoms with Crippen LogP contribution in [0.15, 0.2) is 66.7 Å². The quantitative estimate of drug-likeness (QED) is 0.655. The topological polar surface area (TPSA) is 20.3 Å². The third kappa shape index (κ3) is 1.51. The van der Waals surface area contributed by atoms with Crippen LogP contribution in [0.4, 0.5) is 0 Å². The van der Waals surface area contributed by atoms with Gasteiger partial charge in [-0.05, 0) is 40.8 Å². The molecule has 1 unspecified atom stereocenters. The highest BCUT2D eigenvalue weighted by Gasteiger charge is 2.53. The van der Waals surface area contributed by atoms with Gasteiger partial charge in [0.15, 0.2) is 0 Å². The second-order valence-corrected chi connectivity index (χ2v) is 6.49. The van der Waals surface area contributed by atoms with Crippen LogP contribution in [0.2, 0.25) is 0 Å². The van der Waals surface area contributed by atoms with Gasteiger partial charge in [-0.3, -0.25) is 4.79 Å². The maximum absolute atomic E-state index is 12.9. The third-order valence-electron chi connectivity index (χ3n) is 5.46. The van der Waals surface area contributed by atoms with E-state index in [1.807, 2.05) is 12.1 Å². The molecule has 1 amide bonds. The van der Waals surface area contributed by atoms with Crippen molar-refractivity contribution in [1.29, 1.82) is 0 Å². The average Bonchev–Trinajstić information content (AvgIpc) is 3.14. The van der Waals surface area contributed by atoms with E-state index < -0.39 is 0 Å². The standard InChI is InChI=1S/C21H17NO/c23-20-17-10-3-4-11-19(17)21(13-6-14-22(20)21)18-12-5-8-15-7-1-2-9-16(15)18/h1-5,7-12H,6,13-14H2. The van der Waals surface area contributed by atoms with Gasteiger partial charge in [-0.1, -0.05) is 60.7 Å². The van der Waals surface area contributed by atoms with Gasteiger partial charge in [-0.25, -0.2) is 0 Å². The van der Waals surface area contributed by atoms with E-state index >= 15 is 0 Å².